The number of carbonyl (C=O) groups excluding carboxylic acids is 2. The molecule has 2 aliphatic rings. The van der Waals surface area contributed by atoms with Crippen molar-refractivity contribution in [3.63, 3.8) is 0 Å². The second kappa shape index (κ2) is 8.69. The monoisotopic (exact) mass is 396 g/mol. The van der Waals surface area contributed by atoms with Crippen LogP contribution in [0.25, 0.3) is 0 Å². The first kappa shape index (κ1) is 19.5. The number of carbonyl (C=O) groups is 2. The first-order valence-corrected chi connectivity index (χ1v) is 10.2. The number of rotatable bonds is 4. The van der Waals surface area contributed by atoms with Crippen LogP contribution in [-0.4, -0.2) is 40.8 Å². The summed E-state index contributed by atoms with van der Waals surface area (Å²) in [4.78, 5) is 31.2. The highest BCUT2D eigenvalue weighted by Gasteiger charge is 2.29. The standard InChI is InChI=1S/C22H25FN4O2/c23-19-13-20-15(6-7-21(28)26-20)12-18(19)22(29)27(14-16-4-1-2-10-25-16)17-5-3-9-24-11-8-17/h1-2,4,10,12-13,17,24H,3,5-9,11,14H2,(H,26,28). The molecule has 1 unspecified atom stereocenters. The lowest BCUT2D eigenvalue weighted by atomic mass is 9.98. The molecule has 1 aromatic heterocycles. The molecule has 4 rings (SSSR count). The molecule has 3 heterocycles. The molecule has 6 nitrogen and oxygen atoms in total. The molecule has 0 aliphatic carbocycles. The number of fused-ring (bicyclic) bond motifs is 1. The maximum Gasteiger partial charge on any atom is 0.257 e. The van der Waals surface area contributed by atoms with Gasteiger partial charge < -0.3 is 15.5 Å². The zero-order chi connectivity index (χ0) is 20.2. The smallest absolute Gasteiger partial charge is 0.257 e. The van der Waals surface area contributed by atoms with Crippen molar-refractivity contribution >= 4 is 17.5 Å². The summed E-state index contributed by atoms with van der Waals surface area (Å²) in [7, 11) is 0. The highest BCUT2D eigenvalue weighted by atomic mass is 19.1. The minimum absolute atomic E-state index is 0.0228. The lowest BCUT2D eigenvalue weighted by molar-refractivity contribution is -0.116. The van der Waals surface area contributed by atoms with Crippen LogP contribution >= 0.6 is 0 Å². The number of nitrogens with zero attached hydrogens (tertiary/aromatic N) is 2. The van der Waals surface area contributed by atoms with Gasteiger partial charge in [-0.2, -0.15) is 0 Å². The zero-order valence-corrected chi connectivity index (χ0v) is 16.3. The average Bonchev–Trinajstić information content (AvgIpc) is 3.01. The van der Waals surface area contributed by atoms with Crippen molar-refractivity contribution in [2.24, 2.45) is 0 Å². The average molecular weight is 396 g/mol. The Balaban J connectivity index is 1.66. The van der Waals surface area contributed by atoms with Crippen LogP contribution in [0.3, 0.4) is 0 Å². The number of anilines is 1. The normalized spacial score (nSPS) is 19.1. The topological polar surface area (TPSA) is 74.3 Å². The van der Waals surface area contributed by atoms with Crippen molar-refractivity contribution < 1.29 is 14.0 Å². The summed E-state index contributed by atoms with van der Waals surface area (Å²) in [5, 5.41) is 6.05. The van der Waals surface area contributed by atoms with E-state index in [1.165, 1.54) is 6.07 Å². The summed E-state index contributed by atoms with van der Waals surface area (Å²) in [5.41, 5.74) is 2.11. The molecule has 0 spiro atoms. The summed E-state index contributed by atoms with van der Waals surface area (Å²) in [6.45, 7) is 2.10. The third-order valence-corrected chi connectivity index (χ3v) is 5.62. The molecular weight excluding hydrogens is 371 g/mol. The van der Waals surface area contributed by atoms with Crippen LogP contribution in [-0.2, 0) is 17.8 Å². The van der Waals surface area contributed by atoms with E-state index < -0.39 is 5.82 Å². The summed E-state index contributed by atoms with van der Waals surface area (Å²) >= 11 is 0. The predicted octanol–water partition coefficient (Wildman–Crippen LogP) is 2.89. The molecule has 152 valence electrons. The van der Waals surface area contributed by atoms with Gasteiger partial charge in [-0.3, -0.25) is 14.6 Å². The van der Waals surface area contributed by atoms with Gasteiger partial charge in [0.2, 0.25) is 5.91 Å². The molecular formula is C22H25FN4O2. The molecule has 0 saturated carbocycles. The van der Waals surface area contributed by atoms with Gasteiger partial charge in [0.25, 0.3) is 5.91 Å². The maximum absolute atomic E-state index is 14.9. The van der Waals surface area contributed by atoms with Crippen molar-refractivity contribution in [1.29, 1.82) is 0 Å². The van der Waals surface area contributed by atoms with E-state index in [0.29, 0.717) is 25.1 Å². The second-order valence-electron chi connectivity index (χ2n) is 7.63. The maximum atomic E-state index is 14.9. The molecule has 2 N–H and O–H groups in total. The van der Waals surface area contributed by atoms with Gasteiger partial charge >= 0.3 is 0 Å². The fourth-order valence-corrected chi connectivity index (χ4v) is 4.07. The molecule has 1 saturated heterocycles. The van der Waals surface area contributed by atoms with Gasteiger partial charge in [-0.25, -0.2) is 4.39 Å². The number of hydrogen-bond acceptors (Lipinski definition) is 4. The Kier molecular flexibility index (Phi) is 5.85. The molecule has 1 atom stereocenters. The minimum Gasteiger partial charge on any atom is -0.330 e. The van der Waals surface area contributed by atoms with E-state index in [2.05, 4.69) is 15.6 Å². The lowest BCUT2D eigenvalue weighted by Gasteiger charge is -2.31. The summed E-state index contributed by atoms with van der Waals surface area (Å²) in [6.07, 6.45) is 5.22. The quantitative estimate of drug-likeness (QED) is 0.833. The van der Waals surface area contributed by atoms with Crippen molar-refractivity contribution in [2.45, 2.75) is 44.7 Å². The fraction of sp³-hybridized carbons (Fsp3) is 0.409. The van der Waals surface area contributed by atoms with Crippen LogP contribution in [0.1, 0.15) is 47.3 Å². The van der Waals surface area contributed by atoms with E-state index in [4.69, 9.17) is 0 Å². The van der Waals surface area contributed by atoms with Crippen LogP contribution in [0.5, 0.6) is 0 Å². The fourth-order valence-electron chi connectivity index (χ4n) is 4.07. The number of amides is 2. The Morgan fingerprint density at radius 2 is 2.10 bits per heavy atom. The molecule has 2 amide bonds. The van der Waals surface area contributed by atoms with E-state index >= 15 is 0 Å². The second-order valence-corrected chi connectivity index (χ2v) is 7.63. The number of pyridine rings is 1. The molecule has 7 heteroatoms. The zero-order valence-electron chi connectivity index (χ0n) is 16.3. The van der Waals surface area contributed by atoms with Crippen molar-refractivity contribution in [3.05, 3.63) is 59.2 Å². The number of halogens is 1. The van der Waals surface area contributed by atoms with Crippen LogP contribution < -0.4 is 10.6 Å². The Morgan fingerprint density at radius 3 is 2.93 bits per heavy atom. The predicted molar refractivity (Wildman–Crippen MR) is 108 cm³/mol. The van der Waals surface area contributed by atoms with Crippen molar-refractivity contribution in [3.8, 4) is 0 Å². The third-order valence-electron chi connectivity index (χ3n) is 5.62. The van der Waals surface area contributed by atoms with Gasteiger partial charge in [0.15, 0.2) is 0 Å². The first-order chi connectivity index (χ1) is 14.1. The lowest BCUT2D eigenvalue weighted by Crippen LogP contribution is -2.41. The minimum atomic E-state index is -0.603. The van der Waals surface area contributed by atoms with E-state index in [0.717, 1.165) is 43.6 Å². The van der Waals surface area contributed by atoms with E-state index in [-0.39, 0.29) is 23.4 Å². The number of aryl methyl sites for hydroxylation is 1. The molecule has 0 radical (unpaired) electrons. The number of benzene rings is 1. The van der Waals surface area contributed by atoms with Gasteiger partial charge in [0.1, 0.15) is 5.82 Å². The van der Waals surface area contributed by atoms with Gasteiger partial charge in [0.05, 0.1) is 17.8 Å². The highest BCUT2D eigenvalue weighted by Crippen LogP contribution is 2.28. The van der Waals surface area contributed by atoms with Gasteiger partial charge in [-0.15, -0.1) is 0 Å². The Morgan fingerprint density at radius 1 is 1.21 bits per heavy atom. The molecule has 0 bridgehead atoms. The van der Waals surface area contributed by atoms with E-state index in [1.807, 2.05) is 18.2 Å². The molecule has 2 aliphatic heterocycles. The largest absolute Gasteiger partial charge is 0.330 e. The van der Waals surface area contributed by atoms with Gasteiger partial charge in [0, 0.05) is 24.3 Å². The summed E-state index contributed by atoms with van der Waals surface area (Å²) in [6, 6.07) is 8.51. The molecule has 1 fully saturated rings. The number of aromatic nitrogens is 1. The van der Waals surface area contributed by atoms with E-state index in [1.54, 1.807) is 17.2 Å². The molecule has 2 aromatic rings. The van der Waals surface area contributed by atoms with Crippen LogP contribution in [0.2, 0.25) is 0 Å². The molecule has 1 aromatic carbocycles. The van der Waals surface area contributed by atoms with Crippen LogP contribution in [0, 0.1) is 5.82 Å². The van der Waals surface area contributed by atoms with Gasteiger partial charge in [-0.1, -0.05) is 6.07 Å². The summed E-state index contributed by atoms with van der Waals surface area (Å²) < 4.78 is 14.9. The third kappa shape index (κ3) is 4.45. The molecule has 29 heavy (non-hydrogen) atoms. The highest BCUT2D eigenvalue weighted by molar-refractivity contribution is 5.98. The summed E-state index contributed by atoms with van der Waals surface area (Å²) in [5.74, 6) is -1.05. The number of hydrogen-bond donors (Lipinski definition) is 2. The Labute approximate surface area is 169 Å². The van der Waals surface area contributed by atoms with E-state index in [9.17, 15) is 14.0 Å². The van der Waals surface area contributed by atoms with Crippen LogP contribution in [0.15, 0.2) is 36.5 Å². The Bertz CT molecular complexity index is 895. The van der Waals surface area contributed by atoms with Gasteiger partial charge in [-0.05, 0) is 68.6 Å². The first-order valence-electron chi connectivity index (χ1n) is 10.2. The number of nitrogens with one attached hydrogen (secondary N) is 2. The SMILES string of the molecule is O=C1CCc2cc(C(=O)N(Cc3ccccn3)C3CCCNCC3)c(F)cc2N1. The van der Waals surface area contributed by atoms with Crippen LogP contribution in [0.4, 0.5) is 10.1 Å². The Hall–Kier alpha value is -2.80. The van der Waals surface area contributed by atoms with Crippen molar-refractivity contribution in [1.82, 2.24) is 15.2 Å². The van der Waals surface area contributed by atoms with Crippen molar-refractivity contribution in [2.75, 3.05) is 18.4 Å².